The van der Waals surface area contributed by atoms with E-state index in [4.69, 9.17) is 5.11 Å². The minimum absolute atomic E-state index is 0.114. The van der Waals surface area contributed by atoms with E-state index in [2.05, 4.69) is 16.6 Å². The molecule has 0 bridgehead atoms. The smallest absolute Gasteiger partial charge is 0.407 e. The van der Waals surface area contributed by atoms with Crippen LogP contribution in [0.5, 0.6) is 0 Å². The van der Waals surface area contributed by atoms with Gasteiger partial charge in [-0.25, -0.2) is 4.79 Å². The summed E-state index contributed by atoms with van der Waals surface area (Å²) in [6.07, 6.45) is 1.99. The van der Waals surface area contributed by atoms with Crippen LogP contribution < -0.4 is 5.32 Å². The molecule has 5 nitrogen and oxygen atoms in total. The Hall–Kier alpha value is -1.07. The van der Waals surface area contributed by atoms with E-state index < -0.39 is 17.7 Å². The summed E-state index contributed by atoms with van der Waals surface area (Å²) in [4.78, 5) is 11.0. The molecule has 0 spiro atoms. The number of hydrogen-bond acceptors (Lipinski definition) is 4. The highest BCUT2D eigenvalue weighted by Crippen LogP contribution is 2.38. The molecule has 1 aliphatic rings. The quantitative estimate of drug-likeness (QED) is 0.537. The third kappa shape index (κ3) is 2.71. The van der Waals surface area contributed by atoms with Crippen molar-refractivity contribution in [1.82, 2.24) is 5.32 Å². The van der Waals surface area contributed by atoms with Crippen LogP contribution in [0.4, 0.5) is 4.79 Å². The van der Waals surface area contributed by atoms with Gasteiger partial charge < -0.3 is 20.3 Å². The van der Waals surface area contributed by atoms with Crippen molar-refractivity contribution < 1.29 is 19.7 Å². The number of aliphatic hydroxyl groups excluding tert-OH is 1. The number of alkyl carbamates (subject to hydrolysis) is 1. The molecule has 0 heterocycles. The highest BCUT2D eigenvalue weighted by atomic mass is 16.5. The molecule has 80 valence electrons. The van der Waals surface area contributed by atoms with Crippen LogP contribution in [-0.2, 0) is 4.74 Å². The maximum atomic E-state index is 11.0. The Morgan fingerprint density at radius 2 is 2.36 bits per heavy atom. The van der Waals surface area contributed by atoms with E-state index in [-0.39, 0.29) is 13.2 Å². The number of hydrogen-bond donors (Lipinski definition) is 3. The van der Waals surface area contributed by atoms with E-state index in [1.54, 1.807) is 0 Å². The van der Waals surface area contributed by atoms with Crippen LogP contribution in [-0.4, -0.2) is 41.2 Å². The van der Waals surface area contributed by atoms with E-state index in [0.717, 1.165) is 0 Å². The largest absolute Gasteiger partial charge is 0.445 e. The van der Waals surface area contributed by atoms with Crippen LogP contribution in [0.25, 0.3) is 0 Å². The van der Waals surface area contributed by atoms with E-state index in [1.807, 2.05) is 0 Å². The lowest BCUT2D eigenvalue weighted by Gasteiger charge is -2.20. The SMILES string of the molecule is C=CCOC(=O)N[C@@H](CO)C1(O)CC1. The molecule has 0 aromatic rings. The first-order valence-electron chi connectivity index (χ1n) is 4.50. The number of amides is 1. The number of rotatable bonds is 5. The van der Waals surface area contributed by atoms with Gasteiger partial charge in [-0.05, 0) is 12.8 Å². The Labute approximate surface area is 82.4 Å². The van der Waals surface area contributed by atoms with Crippen molar-refractivity contribution in [2.45, 2.75) is 24.5 Å². The zero-order valence-corrected chi connectivity index (χ0v) is 7.90. The van der Waals surface area contributed by atoms with Crippen molar-refractivity contribution in [2.75, 3.05) is 13.2 Å². The van der Waals surface area contributed by atoms with Crippen molar-refractivity contribution in [3.05, 3.63) is 12.7 Å². The second-order valence-corrected chi connectivity index (χ2v) is 3.37. The average molecular weight is 201 g/mol. The molecule has 3 N–H and O–H groups in total. The molecule has 0 saturated heterocycles. The molecule has 1 fully saturated rings. The van der Waals surface area contributed by atoms with Crippen LogP contribution in [0.2, 0.25) is 0 Å². The van der Waals surface area contributed by atoms with Crippen LogP contribution in [0.15, 0.2) is 12.7 Å². The molecule has 14 heavy (non-hydrogen) atoms. The van der Waals surface area contributed by atoms with Gasteiger partial charge in [0.25, 0.3) is 0 Å². The van der Waals surface area contributed by atoms with Gasteiger partial charge in [-0.3, -0.25) is 0 Å². The van der Waals surface area contributed by atoms with E-state index in [9.17, 15) is 9.90 Å². The zero-order valence-electron chi connectivity index (χ0n) is 7.90. The van der Waals surface area contributed by atoms with Gasteiger partial charge >= 0.3 is 6.09 Å². The van der Waals surface area contributed by atoms with Gasteiger partial charge in [-0.2, -0.15) is 0 Å². The van der Waals surface area contributed by atoms with E-state index in [0.29, 0.717) is 12.8 Å². The Morgan fingerprint density at radius 3 is 2.79 bits per heavy atom. The molecule has 0 unspecified atom stereocenters. The van der Waals surface area contributed by atoms with Crippen LogP contribution in [0.3, 0.4) is 0 Å². The topological polar surface area (TPSA) is 78.8 Å². The molecule has 1 rings (SSSR count). The lowest BCUT2D eigenvalue weighted by Crippen LogP contribution is -2.47. The van der Waals surface area contributed by atoms with Gasteiger partial charge in [0.2, 0.25) is 0 Å². The molecule has 1 aliphatic carbocycles. The van der Waals surface area contributed by atoms with Crippen LogP contribution >= 0.6 is 0 Å². The van der Waals surface area contributed by atoms with Gasteiger partial charge in [0.15, 0.2) is 0 Å². The Morgan fingerprint density at radius 1 is 1.71 bits per heavy atom. The van der Waals surface area contributed by atoms with Gasteiger partial charge in [0.05, 0.1) is 18.2 Å². The zero-order chi connectivity index (χ0) is 10.6. The summed E-state index contributed by atoms with van der Waals surface area (Å²) in [6.45, 7) is 3.21. The summed E-state index contributed by atoms with van der Waals surface area (Å²) in [6, 6.07) is -0.639. The number of carbonyl (C=O) groups is 1. The minimum Gasteiger partial charge on any atom is -0.445 e. The van der Waals surface area contributed by atoms with Crippen molar-refractivity contribution >= 4 is 6.09 Å². The van der Waals surface area contributed by atoms with Crippen molar-refractivity contribution in [2.24, 2.45) is 0 Å². The van der Waals surface area contributed by atoms with E-state index >= 15 is 0 Å². The lowest BCUT2D eigenvalue weighted by atomic mass is 10.1. The monoisotopic (exact) mass is 201 g/mol. The standard InChI is InChI=1S/C9H15NO4/c1-2-5-14-8(12)10-7(6-11)9(13)3-4-9/h2,7,11,13H,1,3-6H2,(H,10,12)/t7-/m0/s1. The highest BCUT2D eigenvalue weighted by Gasteiger charge is 2.48. The predicted octanol–water partition coefficient (Wildman–Crippen LogP) is -0.216. The third-order valence-corrected chi connectivity index (χ3v) is 2.22. The van der Waals surface area contributed by atoms with E-state index in [1.165, 1.54) is 6.08 Å². The molecule has 0 aliphatic heterocycles. The number of carbonyl (C=O) groups excluding carboxylic acids is 1. The summed E-state index contributed by atoms with van der Waals surface area (Å²) in [5.41, 5.74) is -0.943. The first-order chi connectivity index (χ1) is 6.62. The molecule has 0 aromatic heterocycles. The van der Waals surface area contributed by atoms with Gasteiger partial charge in [-0.1, -0.05) is 12.7 Å². The van der Waals surface area contributed by atoms with Crippen LogP contribution in [0.1, 0.15) is 12.8 Å². The third-order valence-electron chi connectivity index (χ3n) is 2.22. The first kappa shape index (κ1) is 11.0. The summed E-state index contributed by atoms with van der Waals surface area (Å²) in [7, 11) is 0. The number of aliphatic hydroxyl groups is 2. The molecular formula is C9H15NO4. The average Bonchev–Trinajstić information content (AvgIpc) is 2.90. The van der Waals surface area contributed by atoms with Crippen molar-refractivity contribution in [3.8, 4) is 0 Å². The molecule has 1 atom stereocenters. The van der Waals surface area contributed by atoms with Crippen LogP contribution in [0, 0.1) is 0 Å². The second kappa shape index (κ2) is 4.43. The number of nitrogens with one attached hydrogen (secondary N) is 1. The van der Waals surface area contributed by atoms with Gasteiger partial charge in [0.1, 0.15) is 6.61 Å². The number of ether oxygens (including phenoxy) is 1. The molecule has 1 saturated carbocycles. The molecule has 5 heteroatoms. The maximum Gasteiger partial charge on any atom is 0.407 e. The normalized spacial score (nSPS) is 19.6. The van der Waals surface area contributed by atoms with Gasteiger partial charge in [0, 0.05) is 0 Å². The minimum atomic E-state index is -0.943. The fourth-order valence-electron chi connectivity index (χ4n) is 1.14. The Kier molecular flexibility index (Phi) is 3.49. The molecule has 0 radical (unpaired) electrons. The molecular weight excluding hydrogens is 186 g/mol. The summed E-state index contributed by atoms with van der Waals surface area (Å²) in [5.74, 6) is 0. The summed E-state index contributed by atoms with van der Waals surface area (Å²) < 4.78 is 4.66. The Balaban J connectivity index is 2.33. The molecule has 0 aromatic carbocycles. The second-order valence-electron chi connectivity index (χ2n) is 3.37. The fourth-order valence-corrected chi connectivity index (χ4v) is 1.14. The first-order valence-corrected chi connectivity index (χ1v) is 4.50. The predicted molar refractivity (Wildman–Crippen MR) is 49.7 cm³/mol. The lowest BCUT2D eigenvalue weighted by molar-refractivity contribution is 0.0633. The summed E-state index contributed by atoms with van der Waals surface area (Å²) in [5, 5.41) is 20.9. The maximum absolute atomic E-state index is 11.0. The van der Waals surface area contributed by atoms with Crippen molar-refractivity contribution in [1.29, 1.82) is 0 Å². The Bertz CT molecular complexity index is 225. The molecule has 1 amide bonds. The van der Waals surface area contributed by atoms with Crippen molar-refractivity contribution in [3.63, 3.8) is 0 Å². The summed E-state index contributed by atoms with van der Waals surface area (Å²) >= 11 is 0. The highest BCUT2D eigenvalue weighted by molar-refractivity contribution is 5.68. The fraction of sp³-hybridized carbons (Fsp3) is 0.667. The van der Waals surface area contributed by atoms with Gasteiger partial charge in [-0.15, -0.1) is 0 Å².